The first-order valence-corrected chi connectivity index (χ1v) is 5.11. The van der Waals surface area contributed by atoms with E-state index in [-0.39, 0.29) is 5.56 Å². The average molecular weight is 221 g/mol. The largest absolute Gasteiger partial charge is 0.310 e. The van der Waals surface area contributed by atoms with Crippen LogP contribution in [0.25, 0.3) is 11.4 Å². The first-order valence-electron chi connectivity index (χ1n) is 5.11. The van der Waals surface area contributed by atoms with Crippen LogP contribution in [0.2, 0.25) is 0 Å². The van der Waals surface area contributed by atoms with Crippen molar-refractivity contribution in [3.8, 4) is 11.4 Å². The lowest BCUT2D eigenvalue weighted by Crippen LogP contribution is -1.99. The second-order valence-electron chi connectivity index (χ2n) is 3.89. The van der Waals surface area contributed by atoms with Gasteiger partial charge >= 0.3 is 0 Å². The Bertz CT molecular complexity index is 532. The molecule has 0 radical (unpaired) electrons. The highest BCUT2D eigenvalue weighted by Gasteiger charge is 2.27. The Morgan fingerprint density at radius 3 is 2.81 bits per heavy atom. The lowest BCUT2D eigenvalue weighted by atomic mass is 10.2. The molecule has 0 unspecified atom stereocenters. The summed E-state index contributed by atoms with van der Waals surface area (Å²) in [7, 11) is 0. The molecule has 16 heavy (non-hydrogen) atoms. The molecule has 3 rings (SSSR count). The van der Waals surface area contributed by atoms with Crippen molar-refractivity contribution in [3.05, 3.63) is 36.2 Å². The van der Waals surface area contributed by atoms with Gasteiger partial charge in [-0.15, -0.1) is 10.2 Å². The van der Waals surface area contributed by atoms with Gasteiger partial charge in [0.2, 0.25) is 0 Å². The minimum Gasteiger partial charge on any atom is -0.310 e. The van der Waals surface area contributed by atoms with Crippen molar-refractivity contribution in [2.75, 3.05) is 0 Å². The summed E-state index contributed by atoms with van der Waals surface area (Å²) in [5, 5.41) is 7.61. The number of nitrogens with zero attached hydrogens (tertiary/aromatic N) is 3. The summed E-state index contributed by atoms with van der Waals surface area (Å²) in [6.45, 7) is 0. The van der Waals surface area contributed by atoms with Crippen LogP contribution in [0.3, 0.4) is 0 Å². The molecule has 0 bridgehead atoms. The Hall–Kier alpha value is -1.78. The van der Waals surface area contributed by atoms with Gasteiger partial charge in [0, 0.05) is 6.04 Å². The third kappa shape index (κ3) is 1.39. The molecule has 1 aliphatic rings. The third-order valence-corrected chi connectivity index (χ3v) is 2.71. The molecule has 1 fully saturated rings. The topological polar surface area (TPSA) is 30.7 Å². The van der Waals surface area contributed by atoms with Crippen LogP contribution in [0.4, 0.5) is 8.78 Å². The summed E-state index contributed by atoms with van der Waals surface area (Å²) in [5.74, 6) is -1.32. The molecule has 1 saturated carbocycles. The highest BCUT2D eigenvalue weighted by atomic mass is 19.2. The minimum atomic E-state index is -0.864. The summed E-state index contributed by atoms with van der Waals surface area (Å²) >= 11 is 0. The summed E-state index contributed by atoms with van der Waals surface area (Å²) in [4.78, 5) is 0. The van der Waals surface area contributed by atoms with Gasteiger partial charge in [-0.3, -0.25) is 0 Å². The van der Waals surface area contributed by atoms with Gasteiger partial charge < -0.3 is 4.57 Å². The van der Waals surface area contributed by atoms with Crippen LogP contribution in [-0.4, -0.2) is 14.8 Å². The zero-order valence-corrected chi connectivity index (χ0v) is 8.40. The number of aromatic nitrogens is 3. The Morgan fingerprint density at radius 2 is 2.06 bits per heavy atom. The molecule has 0 N–H and O–H groups in total. The highest BCUT2D eigenvalue weighted by Crippen LogP contribution is 2.37. The van der Waals surface area contributed by atoms with Crippen LogP contribution in [0.1, 0.15) is 18.9 Å². The smallest absolute Gasteiger partial charge is 0.169 e. The molecule has 1 aromatic heterocycles. The zero-order chi connectivity index (χ0) is 11.1. The average Bonchev–Trinajstić information content (AvgIpc) is 3.01. The van der Waals surface area contributed by atoms with E-state index in [2.05, 4.69) is 10.2 Å². The van der Waals surface area contributed by atoms with Crippen molar-refractivity contribution in [3.63, 3.8) is 0 Å². The predicted molar refractivity (Wildman–Crippen MR) is 53.6 cm³/mol. The Morgan fingerprint density at radius 1 is 1.25 bits per heavy atom. The van der Waals surface area contributed by atoms with Gasteiger partial charge in [-0.05, 0) is 25.0 Å². The number of halogens is 2. The van der Waals surface area contributed by atoms with E-state index in [1.54, 1.807) is 10.9 Å². The lowest BCUT2D eigenvalue weighted by molar-refractivity contribution is 0.509. The van der Waals surface area contributed by atoms with Gasteiger partial charge in [0.05, 0.1) is 5.56 Å². The fraction of sp³-hybridized carbons (Fsp3) is 0.273. The van der Waals surface area contributed by atoms with Crippen molar-refractivity contribution in [2.45, 2.75) is 18.9 Å². The molecule has 3 nitrogen and oxygen atoms in total. The number of hydrogen-bond acceptors (Lipinski definition) is 2. The molecule has 1 heterocycles. The maximum Gasteiger partial charge on any atom is 0.169 e. The molecule has 5 heteroatoms. The maximum absolute atomic E-state index is 13.6. The van der Waals surface area contributed by atoms with Crippen LogP contribution in [-0.2, 0) is 0 Å². The number of benzene rings is 1. The minimum absolute atomic E-state index is 0.171. The molecule has 0 amide bonds. The molecule has 0 aliphatic heterocycles. The summed E-state index contributed by atoms with van der Waals surface area (Å²) in [5.41, 5.74) is 0.171. The molecule has 82 valence electrons. The zero-order valence-electron chi connectivity index (χ0n) is 8.40. The summed E-state index contributed by atoms with van der Waals surface area (Å²) in [6, 6.07) is 4.42. The monoisotopic (exact) mass is 221 g/mol. The van der Waals surface area contributed by atoms with Crippen LogP contribution < -0.4 is 0 Å². The van der Waals surface area contributed by atoms with Crippen LogP contribution >= 0.6 is 0 Å². The van der Waals surface area contributed by atoms with E-state index >= 15 is 0 Å². The summed E-state index contributed by atoms with van der Waals surface area (Å²) in [6.07, 6.45) is 3.65. The SMILES string of the molecule is Fc1cccc(-c2nncn2C2CC2)c1F. The maximum atomic E-state index is 13.6. The molecule has 0 spiro atoms. The van der Waals surface area contributed by atoms with Crippen molar-refractivity contribution >= 4 is 0 Å². The lowest BCUT2D eigenvalue weighted by Gasteiger charge is -2.05. The predicted octanol–water partition coefficient (Wildman–Crippen LogP) is 2.56. The molecule has 0 atom stereocenters. The Balaban J connectivity index is 2.14. The van der Waals surface area contributed by atoms with Crippen molar-refractivity contribution in [2.24, 2.45) is 0 Å². The fourth-order valence-electron chi connectivity index (χ4n) is 1.73. The molecular weight excluding hydrogens is 212 g/mol. The second kappa shape index (κ2) is 3.37. The van der Waals surface area contributed by atoms with E-state index in [0.29, 0.717) is 11.9 Å². The number of rotatable bonds is 2. The van der Waals surface area contributed by atoms with Gasteiger partial charge in [0.15, 0.2) is 17.5 Å². The van der Waals surface area contributed by atoms with Gasteiger partial charge in [0.1, 0.15) is 6.33 Å². The molecular formula is C11H9F2N3. The van der Waals surface area contributed by atoms with Gasteiger partial charge in [-0.25, -0.2) is 8.78 Å². The van der Waals surface area contributed by atoms with E-state index in [1.165, 1.54) is 12.1 Å². The highest BCUT2D eigenvalue weighted by molar-refractivity contribution is 5.56. The third-order valence-electron chi connectivity index (χ3n) is 2.71. The number of hydrogen-bond donors (Lipinski definition) is 0. The first kappa shape index (κ1) is 9.45. The van der Waals surface area contributed by atoms with Crippen LogP contribution in [0, 0.1) is 11.6 Å². The summed E-state index contributed by atoms with van der Waals surface area (Å²) < 4.78 is 28.5. The van der Waals surface area contributed by atoms with E-state index in [4.69, 9.17) is 0 Å². The molecule has 2 aromatic rings. The van der Waals surface area contributed by atoms with Gasteiger partial charge in [-0.1, -0.05) is 6.07 Å². The first-order chi connectivity index (χ1) is 7.77. The van der Waals surface area contributed by atoms with Crippen LogP contribution in [0.15, 0.2) is 24.5 Å². The van der Waals surface area contributed by atoms with E-state index in [1.807, 2.05) is 0 Å². The Labute approximate surface area is 90.7 Å². The Kier molecular flexibility index (Phi) is 1.99. The van der Waals surface area contributed by atoms with Crippen LogP contribution in [0.5, 0.6) is 0 Å². The molecule has 0 saturated heterocycles. The quantitative estimate of drug-likeness (QED) is 0.780. The van der Waals surface area contributed by atoms with E-state index in [9.17, 15) is 8.78 Å². The standard InChI is InChI=1S/C11H9F2N3/c12-9-3-1-2-8(10(9)13)11-15-14-6-16(11)7-4-5-7/h1-3,6-7H,4-5H2. The van der Waals surface area contributed by atoms with E-state index in [0.717, 1.165) is 18.9 Å². The second-order valence-corrected chi connectivity index (χ2v) is 3.89. The van der Waals surface area contributed by atoms with Crippen molar-refractivity contribution < 1.29 is 8.78 Å². The van der Waals surface area contributed by atoms with Gasteiger partial charge in [-0.2, -0.15) is 0 Å². The normalized spacial score (nSPS) is 15.4. The fourth-order valence-corrected chi connectivity index (χ4v) is 1.73. The van der Waals surface area contributed by atoms with Crippen molar-refractivity contribution in [1.82, 2.24) is 14.8 Å². The van der Waals surface area contributed by atoms with E-state index < -0.39 is 11.6 Å². The van der Waals surface area contributed by atoms with Crippen molar-refractivity contribution in [1.29, 1.82) is 0 Å². The van der Waals surface area contributed by atoms with Gasteiger partial charge in [0.25, 0.3) is 0 Å². The molecule has 1 aromatic carbocycles. The molecule has 1 aliphatic carbocycles.